The van der Waals surface area contributed by atoms with Gasteiger partial charge < -0.3 is 25.0 Å². The summed E-state index contributed by atoms with van der Waals surface area (Å²) in [5.74, 6) is -4.42. The summed E-state index contributed by atoms with van der Waals surface area (Å²) in [5, 5.41) is 19.1. The van der Waals surface area contributed by atoms with E-state index in [-0.39, 0.29) is 9.79 Å². The van der Waals surface area contributed by atoms with E-state index in [4.69, 9.17) is 29.3 Å². The fourth-order valence-electron chi connectivity index (χ4n) is 5.89. The Kier molecular flexibility index (Phi) is 16.1. The Morgan fingerprint density at radius 3 is 1.46 bits per heavy atom. The standard InChI is InChI=1S/C20H23N3O3S.C16H13NO4S.2C2HF3O2/c1-26-17-13-16(15-22-11-8-21-9-12-22)19-7-10-23(20(19)14-17)27(24,25)18-5-3-2-4-6-18;1-21-13-9-12(11-18)15-7-8-17(16(15)10-13)22(19,20)14-5-3-2-4-6-14;2*3-2(4,5)1(6)7/h2-7,10,13-14,21H,8-9,11-12,15H2,1H3;2-11H,1H3;2*(H,6,7). The molecule has 338 valence electrons. The monoisotopic (exact) mass is 928 g/mol. The summed E-state index contributed by atoms with van der Waals surface area (Å²) < 4.78 is 128. The number of carboxylic acids is 2. The van der Waals surface area contributed by atoms with Gasteiger partial charge in [0.2, 0.25) is 0 Å². The molecule has 63 heavy (non-hydrogen) atoms. The molecule has 1 aliphatic rings. The molecule has 23 heteroatoms. The molecule has 7 rings (SSSR count). The number of nitrogens with zero attached hydrogens (tertiary/aromatic N) is 3. The van der Waals surface area contributed by atoms with Crippen molar-refractivity contribution in [1.29, 1.82) is 0 Å². The number of carboxylic acid groups (broad SMARTS) is 2. The Morgan fingerprint density at radius 2 is 1.06 bits per heavy atom. The van der Waals surface area contributed by atoms with E-state index in [0.29, 0.717) is 39.8 Å². The van der Waals surface area contributed by atoms with Crippen LogP contribution >= 0.6 is 0 Å². The lowest BCUT2D eigenvalue weighted by atomic mass is 10.1. The van der Waals surface area contributed by atoms with Gasteiger partial charge in [-0.3, -0.25) is 9.69 Å². The fourth-order valence-corrected chi connectivity index (χ4v) is 8.61. The molecule has 0 bridgehead atoms. The number of benzene rings is 4. The number of fused-ring (bicyclic) bond motifs is 2. The van der Waals surface area contributed by atoms with E-state index in [1.807, 2.05) is 12.1 Å². The Balaban J connectivity index is 0.000000216. The van der Waals surface area contributed by atoms with Crippen molar-refractivity contribution >= 4 is 60.1 Å². The first-order valence-electron chi connectivity index (χ1n) is 18.0. The lowest BCUT2D eigenvalue weighted by molar-refractivity contribution is -0.193. The average molecular weight is 929 g/mol. The summed E-state index contributed by atoms with van der Waals surface area (Å²) in [6.07, 6.45) is -6.41. The number of hydrogen-bond acceptors (Lipinski definition) is 11. The van der Waals surface area contributed by atoms with Crippen molar-refractivity contribution in [3.8, 4) is 11.5 Å². The van der Waals surface area contributed by atoms with Crippen LogP contribution in [0.25, 0.3) is 21.8 Å². The third kappa shape index (κ3) is 12.4. The fraction of sp³-hybridized carbons (Fsp3) is 0.225. The molecule has 1 aliphatic heterocycles. The number of aldehydes is 1. The van der Waals surface area contributed by atoms with Crippen LogP contribution in [0.1, 0.15) is 15.9 Å². The van der Waals surface area contributed by atoms with E-state index in [1.165, 1.54) is 29.4 Å². The molecule has 0 spiro atoms. The van der Waals surface area contributed by atoms with E-state index in [1.54, 1.807) is 86.1 Å². The van der Waals surface area contributed by atoms with Crippen LogP contribution in [0.15, 0.2) is 119 Å². The molecule has 0 radical (unpaired) electrons. The molecular formula is C40H38F6N4O11S2. The molecule has 3 N–H and O–H groups in total. The molecular weight excluding hydrogens is 891 g/mol. The van der Waals surface area contributed by atoms with Crippen molar-refractivity contribution in [2.45, 2.75) is 28.7 Å². The highest BCUT2D eigenvalue weighted by Crippen LogP contribution is 2.31. The van der Waals surface area contributed by atoms with Crippen LogP contribution in [0, 0.1) is 0 Å². The van der Waals surface area contributed by atoms with E-state index in [0.717, 1.165) is 47.6 Å². The minimum absolute atomic E-state index is 0.183. The normalized spacial score (nSPS) is 13.3. The van der Waals surface area contributed by atoms with Crippen LogP contribution in [0.3, 0.4) is 0 Å². The van der Waals surface area contributed by atoms with E-state index in [9.17, 15) is 48.0 Å². The Bertz CT molecular complexity index is 2730. The van der Waals surface area contributed by atoms with Gasteiger partial charge in [-0.15, -0.1) is 0 Å². The molecule has 0 saturated carbocycles. The lowest BCUT2D eigenvalue weighted by Gasteiger charge is -2.27. The summed E-state index contributed by atoms with van der Waals surface area (Å²) in [6, 6.07) is 27.1. The van der Waals surface area contributed by atoms with Crippen molar-refractivity contribution in [3.63, 3.8) is 0 Å². The molecule has 1 saturated heterocycles. The molecule has 6 aromatic rings. The molecule has 2 aromatic heterocycles. The van der Waals surface area contributed by atoms with Crippen LogP contribution < -0.4 is 14.8 Å². The number of halogens is 6. The zero-order valence-electron chi connectivity index (χ0n) is 33.0. The van der Waals surface area contributed by atoms with Crippen molar-refractivity contribution < 1.29 is 77.2 Å². The zero-order valence-corrected chi connectivity index (χ0v) is 34.6. The number of aliphatic carboxylic acids is 2. The SMILES string of the molecule is COc1cc(C=O)c2ccn(S(=O)(=O)c3ccccc3)c2c1.COc1cc(CN2CCNCC2)c2ccn(S(=O)(=O)c3ccccc3)c2c1.O=C(O)C(F)(F)F.O=C(O)C(F)(F)F. The third-order valence-corrected chi connectivity index (χ3v) is 12.3. The largest absolute Gasteiger partial charge is 0.497 e. The predicted molar refractivity (Wildman–Crippen MR) is 216 cm³/mol. The van der Waals surface area contributed by atoms with E-state index >= 15 is 0 Å². The molecule has 0 unspecified atom stereocenters. The molecule has 0 atom stereocenters. The van der Waals surface area contributed by atoms with Gasteiger partial charge in [-0.05, 0) is 54.1 Å². The maximum Gasteiger partial charge on any atom is 0.490 e. The number of aromatic nitrogens is 2. The topological polar surface area (TPSA) is 204 Å². The highest BCUT2D eigenvalue weighted by molar-refractivity contribution is 7.90. The lowest BCUT2D eigenvalue weighted by Crippen LogP contribution is -2.42. The highest BCUT2D eigenvalue weighted by atomic mass is 32.2. The van der Waals surface area contributed by atoms with E-state index < -0.39 is 44.3 Å². The summed E-state index contributed by atoms with van der Waals surface area (Å²) >= 11 is 0. The zero-order chi connectivity index (χ0) is 46.8. The van der Waals surface area contributed by atoms with Crippen LogP contribution in [0.2, 0.25) is 0 Å². The van der Waals surface area contributed by atoms with Gasteiger partial charge >= 0.3 is 24.3 Å². The molecule has 4 aromatic carbocycles. The van der Waals surface area contributed by atoms with Gasteiger partial charge in [-0.25, -0.2) is 34.4 Å². The van der Waals surface area contributed by atoms with Crippen LogP contribution in [0.5, 0.6) is 11.5 Å². The molecule has 0 aliphatic carbocycles. The highest BCUT2D eigenvalue weighted by Gasteiger charge is 2.39. The minimum atomic E-state index is -5.08. The Morgan fingerprint density at radius 1 is 0.667 bits per heavy atom. The van der Waals surface area contributed by atoms with Crippen LogP contribution in [0.4, 0.5) is 26.3 Å². The first-order valence-corrected chi connectivity index (χ1v) is 20.9. The van der Waals surface area contributed by atoms with Gasteiger partial charge in [0.1, 0.15) is 11.5 Å². The van der Waals surface area contributed by atoms with Crippen molar-refractivity contribution in [3.05, 3.63) is 121 Å². The number of piperazine rings is 1. The molecule has 15 nitrogen and oxygen atoms in total. The van der Waals surface area contributed by atoms with Crippen LogP contribution in [-0.2, 0) is 36.2 Å². The first kappa shape index (κ1) is 49.2. The maximum absolute atomic E-state index is 13.1. The number of rotatable bonds is 9. The first-order chi connectivity index (χ1) is 29.6. The summed E-state index contributed by atoms with van der Waals surface area (Å²) in [6.45, 7) is 4.65. The number of ether oxygens (including phenoxy) is 2. The number of carbonyl (C=O) groups excluding carboxylic acids is 1. The van der Waals surface area contributed by atoms with Gasteiger partial charge in [0.25, 0.3) is 20.0 Å². The molecule has 0 amide bonds. The van der Waals surface area contributed by atoms with Crippen molar-refractivity contribution in [1.82, 2.24) is 18.2 Å². The van der Waals surface area contributed by atoms with Gasteiger partial charge in [0.15, 0.2) is 6.29 Å². The number of methoxy groups -OCH3 is 2. The van der Waals surface area contributed by atoms with Crippen LogP contribution in [-0.4, -0.2) is 111 Å². The predicted octanol–water partition coefficient (Wildman–Crippen LogP) is 6.26. The summed E-state index contributed by atoms with van der Waals surface area (Å²) in [5.41, 5.74) is 2.51. The maximum atomic E-state index is 13.1. The number of alkyl halides is 6. The Labute approximate surface area is 355 Å². The minimum Gasteiger partial charge on any atom is -0.497 e. The second-order valence-electron chi connectivity index (χ2n) is 13.0. The number of nitrogens with one attached hydrogen (secondary N) is 1. The quantitative estimate of drug-likeness (QED) is 0.108. The van der Waals surface area contributed by atoms with Crippen molar-refractivity contribution in [2.24, 2.45) is 0 Å². The smallest absolute Gasteiger partial charge is 0.490 e. The van der Waals surface area contributed by atoms with Crippen molar-refractivity contribution in [2.75, 3.05) is 40.4 Å². The summed E-state index contributed by atoms with van der Waals surface area (Å²) in [4.78, 5) is 31.8. The number of hydrogen-bond donors (Lipinski definition) is 3. The summed E-state index contributed by atoms with van der Waals surface area (Å²) in [7, 11) is -4.31. The third-order valence-electron chi connectivity index (χ3n) is 8.90. The second-order valence-corrected chi connectivity index (χ2v) is 16.6. The molecule has 1 fully saturated rings. The second kappa shape index (κ2) is 20.6. The van der Waals surface area contributed by atoms with Gasteiger partial charge in [-0.2, -0.15) is 26.3 Å². The van der Waals surface area contributed by atoms with Gasteiger partial charge in [-0.1, -0.05) is 36.4 Å². The van der Waals surface area contributed by atoms with Gasteiger partial charge in [0.05, 0.1) is 35.0 Å². The average Bonchev–Trinajstić information content (AvgIpc) is 3.90. The Hall–Kier alpha value is -6.43. The number of carbonyl (C=O) groups is 3. The van der Waals surface area contributed by atoms with E-state index in [2.05, 4.69) is 10.2 Å². The van der Waals surface area contributed by atoms with Gasteiger partial charge in [0, 0.05) is 73.6 Å². The molecule has 3 heterocycles.